The zero-order chi connectivity index (χ0) is 13.3. The maximum Gasteiger partial charge on any atom is 0.150 e. The van der Waals surface area contributed by atoms with Crippen LogP contribution in [0.15, 0.2) is 0 Å². The summed E-state index contributed by atoms with van der Waals surface area (Å²) in [4.78, 5) is 2.24. The van der Waals surface area contributed by atoms with Crippen molar-refractivity contribution >= 4 is 11.5 Å². The largest absolute Gasteiger partial charge is 0.394 e. The lowest BCUT2D eigenvalue weighted by molar-refractivity contribution is 0.118. The summed E-state index contributed by atoms with van der Waals surface area (Å²) < 4.78 is 7.67. The number of hydrogen-bond donors (Lipinski definition) is 1. The third kappa shape index (κ3) is 2.19. The number of nitrogens with zero attached hydrogens (tertiary/aromatic N) is 3. The minimum atomic E-state index is 0.250. The van der Waals surface area contributed by atoms with Gasteiger partial charge in [-0.15, -0.1) is 0 Å². The van der Waals surface area contributed by atoms with Crippen LogP contribution in [0, 0.1) is 6.92 Å². The Kier molecular flexibility index (Phi) is 3.80. The van der Waals surface area contributed by atoms with Crippen molar-refractivity contribution in [2.24, 2.45) is 0 Å². The van der Waals surface area contributed by atoms with Gasteiger partial charge in [-0.3, -0.25) is 0 Å². The van der Waals surface area contributed by atoms with Crippen LogP contribution in [-0.2, 0) is 11.3 Å². The van der Waals surface area contributed by atoms with E-state index < -0.39 is 0 Å². The normalized spacial score (nSPS) is 23.6. The molecule has 0 amide bonds. The predicted molar refractivity (Wildman–Crippen MR) is 73.9 cm³/mol. The number of aryl methyl sites for hydroxylation is 2. The molecular formula is C13H24N4O. The maximum absolute atomic E-state index is 6.18. The van der Waals surface area contributed by atoms with Gasteiger partial charge in [-0.25, -0.2) is 4.68 Å². The second-order valence-electron chi connectivity index (χ2n) is 5.09. The van der Waals surface area contributed by atoms with Gasteiger partial charge in [0.1, 0.15) is 0 Å². The third-order valence-corrected chi connectivity index (χ3v) is 3.75. The average molecular weight is 252 g/mol. The molecule has 1 saturated heterocycles. The Morgan fingerprint density at radius 3 is 2.83 bits per heavy atom. The average Bonchev–Trinajstić information content (AvgIpc) is 2.85. The van der Waals surface area contributed by atoms with Gasteiger partial charge in [0.15, 0.2) is 5.82 Å². The van der Waals surface area contributed by atoms with E-state index in [4.69, 9.17) is 10.5 Å². The molecule has 2 unspecified atom stereocenters. The highest BCUT2D eigenvalue weighted by Crippen LogP contribution is 2.31. The fraction of sp³-hybridized carbons (Fsp3) is 0.769. The minimum Gasteiger partial charge on any atom is -0.394 e. The summed E-state index contributed by atoms with van der Waals surface area (Å²) >= 11 is 0. The van der Waals surface area contributed by atoms with Crippen molar-refractivity contribution in [1.29, 1.82) is 0 Å². The highest BCUT2D eigenvalue weighted by molar-refractivity contribution is 5.66. The summed E-state index contributed by atoms with van der Waals surface area (Å²) in [5, 5.41) is 4.53. The molecule has 0 aliphatic carbocycles. The van der Waals surface area contributed by atoms with E-state index >= 15 is 0 Å². The summed E-state index contributed by atoms with van der Waals surface area (Å²) in [7, 11) is 2.09. The van der Waals surface area contributed by atoms with Gasteiger partial charge in [0.25, 0.3) is 0 Å². The van der Waals surface area contributed by atoms with Crippen LogP contribution in [0.5, 0.6) is 0 Å². The SMILES string of the molecule is CCCn1nc(C)c(N)c1N(C)C1CCOC1C. The van der Waals surface area contributed by atoms with Gasteiger partial charge >= 0.3 is 0 Å². The van der Waals surface area contributed by atoms with Gasteiger partial charge in [-0.05, 0) is 26.7 Å². The molecule has 1 aliphatic rings. The van der Waals surface area contributed by atoms with Crippen molar-refractivity contribution in [3.05, 3.63) is 5.69 Å². The van der Waals surface area contributed by atoms with Crippen LogP contribution in [-0.4, -0.2) is 35.6 Å². The molecule has 2 atom stereocenters. The highest BCUT2D eigenvalue weighted by Gasteiger charge is 2.31. The lowest BCUT2D eigenvalue weighted by Gasteiger charge is -2.29. The van der Waals surface area contributed by atoms with Crippen molar-refractivity contribution in [2.45, 2.75) is 52.3 Å². The van der Waals surface area contributed by atoms with Crippen LogP contribution in [0.25, 0.3) is 0 Å². The molecule has 2 rings (SSSR count). The molecule has 2 heterocycles. The van der Waals surface area contributed by atoms with Gasteiger partial charge in [0, 0.05) is 20.2 Å². The Bertz CT molecular complexity index is 415. The first-order valence-electron chi connectivity index (χ1n) is 6.73. The van der Waals surface area contributed by atoms with Crippen molar-refractivity contribution in [1.82, 2.24) is 9.78 Å². The van der Waals surface area contributed by atoms with Crippen molar-refractivity contribution in [2.75, 3.05) is 24.3 Å². The number of likely N-dealkylation sites (N-methyl/N-ethyl adjacent to an activating group) is 1. The van der Waals surface area contributed by atoms with E-state index in [-0.39, 0.29) is 6.10 Å². The van der Waals surface area contributed by atoms with E-state index in [0.717, 1.165) is 43.2 Å². The number of hydrogen-bond acceptors (Lipinski definition) is 4. The van der Waals surface area contributed by atoms with Crippen LogP contribution >= 0.6 is 0 Å². The Morgan fingerprint density at radius 2 is 2.28 bits per heavy atom. The summed E-state index contributed by atoms with van der Waals surface area (Å²) in [5.41, 5.74) is 7.89. The number of nitrogens with two attached hydrogens (primary N) is 1. The smallest absolute Gasteiger partial charge is 0.150 e. The van der Waals surface area contributed by atoms with Gasteiger partial charge in [0.2, 0.25) is 0 Å². The Morgan fingerprint density at radius 1 is 1.56 bits per heavy atom. The molecule has 1 fully saturated rings. The first-order chi connectivity index (χ1) is 8.56. The zero-order valence-electron chi connectivity index (χ0n) is 11.8. The molecule has 1 aliphatic heterocycles. The molecule has 1 aromatic rings. The lowest BCUT2D eigenvalue weighted by Crippen LogP contribution is -2.38. The van der Waals surface area contributed by atoms with E-state index in [2.05, 4.69) is 30.9 Å². The Balaban J connectivity index is 2.30. The number of nitrogen functional groups attached to an aromatic ring is 1. The summed E-state index contributed by atoms with van der Waals surface area (Å²) in [5.74, 6) is 1.04. The number of ether oxygens (including phenoxy) is 1. The van der Waals surface area contributed by atoms with Crippen LogP contribution in [0.3, 0.4) is 0 Å². The third-order valence-electron chi connectivity index (χ3n) is 3.75. The molecule has 102 valence electrons. The van der Waals surface area contributed by atoms with E-state index in [1.54, 1.807) is 0 Å². The van der Waals surface area contributed by atoms with E-state index in [1.807, 2.05) is 11.6 Å². The fourth-order valence-electron chi connectivity index (χ4n) is 2.71. The fourth-order valence-corrected chi connectivity index (χ4v) is 2.71. The lowest BCUT2D eigenvalue weighted by atomic mass is 10.1. The maximum atomic E-state index is 6.18. The molecule has 5 nitrogen and oxygen atoms in total. The summed E-state index contributed by atoms with van der Waals surface area (Å²) in [6, 6.07) is 0.388. The van der Waals surface area contributed by atoms with Gasteiger partial charge in [-0.1, -0.05) is 6.92 Å². The first-order valence-corrected chi connectivity index (χ1v) is 6.73. The molecule has 5 heteroatoms. The van der Waals surface area contributed by atoms with Crippen LogP contribution in [0.4, 0.5) is 11.5 Å². The molecule has 18 heavy (non-hydrogen) atoms. The number of rotatable bonds is 4. The minimum absolute atomic E-state index is 0.250. The van der Waals surface area contributed by atoms with E-state index in [0.29, 0.717) is 6.04 Å². The second-order valence-corrected chi connectivity index (χ2v) is 5.09. The topological polar surface area (TPSA) is 56.3 Å². The van der Waals surface area contributed by atoms with Gasteiger partial charge in [-0.2, -0.15) is 5.10 Å². The van der Waals surface area contributed by atoms with Crippen LogP contribution < -0.4 is 10.6 Å². The molecular weight excluding hydrogens is 228 g/mol. The standard InChI is InChI=1S/C13H24N4O/c1-5-7-17-13(12(14)9(2)15-17)16(4)11-6-8-18-10(11)3/h10-11H,5-8,14H2,1-4H3. The second kappa shape index (κ2) is 5.18. The van der Waals surface area contributed by atoms with Gasteiger partial charge in [0.05, 0.1) is 23.5 Å². The Hall–Kier alpha value is -1.23. The van der Waals surface area contributed by atoms with Crippen molar-refractivity contribution < 1.29 is 4.74 Å². The van der Waals surface area contributed by atoms with Crippen molar-refractivity contribution in [3.63, 3.8) is 0 Å². The predicted octanol–water partition coefficient (Wildman–Crippen LogP) is 1.80. The molecule has 0 saturated carbocycles. The quantitative estimate of drug-likeness (QED) is 0.887. The molecule has 0 bridgehead atoms. The molecule has 2 N–H and O–H groups in total. The van der Waals surface area contributed by atoms with E-state index in [1.165, 1.54) is 0 Å². The van der Waals surface area contributed by atoms with E-state index in [9.17, 15) is 0 Å². The monoisotopic (exact) mass is 252 g/mol. The molecule has 0 aromatic carbocycles. The van der Waals surface area contributed by atoms with Gasteiger partial charge < -0.3 is 15.4 Å². The molecule has 1 aromatic heterocycles. The summed E-state index contributed by atoms with van der Waals surface area (Å²) in [6.07, 6.45) is 2.35. The Labute approximate surface area is 109 Å². The van der Waals surface area contributed by atoms with Crippen LogP contribution in [0.2, 0.25) is 0 Å². The number of anilines is 2. The number of aromatic nitrogens is 2. The van der Waals surface area contributed by atoms with Crippen molar-refractivity contribution in [3.8, 4) is 0 Å². The highest BCUT2D eigenvalue weighted by atomic mass is 16.5. The molecule has 0 radical (unpaired) electrons. The molecule has 0 spiro atoms. The van der Waals surface area contributed by atoms with Crippen LogP contribution in [0.1, 0.15) is 32.4 Å². The zero-order valence-corrected chi connectivity index (χ0v) is 11.8. The summed E-state index contributed by atoms with van der Waals surface area (Å²) in [6.45, 7) is 7.97. The first kappa shape index (κ1) is 13.2.